The first-order valence-corrected chi connectivity index (χ1v) is 23.5. The number of carbonyl (C=O) groups is 2. The number of aliphatic hydroxyl groups is 1. The Hall–Kier alpha value is -3.22. The molecule has 0 amide bonds. The van der Waals surface area contributed by atoms with Crippen LogP contribution < -0.4 is 14.8 Å². The van der Waals surface area contributed by atoms with Gasteiger partial charge in [0.25, 0.3) is 5.88 Å². The van der Waals surface area contributed by atoms with E-state index in [2.05, 4.69) is 76.2 Å². The number of hydrogen-bond acceptors (Lipinski definition) is 10. The van der Waals surface area contributed by atoms with Crippen LogP contribution in [0.3, 0.4) is 0 Å². The predicted molar refractivity (Wildman–Crippen MR) is 218 cm³/mol. The van der Waals surface area contributed by atoms with Crippen molar-refractivity contribution in [3.8, 4) is 11.6 Å². The summed E-state index contributed by atoms with van der Waals surface area (Å²) in [4.78, 5) is 32.9. The zero-order valence-corrected chi connectivity index (χ0v) is 35.6. The summed E-state index contributed by atoms with van der Waals surface area (Å²) in [6.07, 6.45) is 9.65. The second kappa shape index (κ2) is 16.3. The SMILES string of the molecule is C=CCN(CC=C)[C@@H]1c2onc(OCCCC)c2C(=O)[C@@]2(O[Si](C)(C)C(C)(C)C)C(O)=C3C(=O)c4c(OCCCC)cc(C5CCCN5)c(Cl)c4C[C@H]3C[C@@H]12. The van der Waals surface area contributed by atoms with E-state index in [1.807, 2.05) is 6.07 Å². The molecule has 1 aliphatic heterocycles. The van der Waals surface area contributed by atoms with Gasteiger partial charge in [-0.2, -0.15) is 0 Å². The fourth-order valence-electron chi connectivity index (χ4n) is 8.70. The van der Waals surface area contributed by atoms with E-state index in [9.17, 15) is 5.11 Å². The number of Topliss-reactive ketones (excluding diaryl/α,β-unsaturated/α-hetero) is 2. The van der Waals surface area contributed by atoms with Crippen molar-refractivity contribution in [1.82, 2.24) is 15.4 Å². The van der Waals surface area contributed by atoms with Gasteiger partial charge in [-0.1, -0.05) is 71.2 Å². The maximum Gasteiger partial charge on any atom is 0.265 e. The van der Waals surface area contributed by atoms with Crippen LogP contribution in [-0.4, -0.2) is 73.5 Å². The Balaban J connectivity index is 1.63. The molecule has 4 aliphatic rings. The summed E-state index contributed by atoms with van der Waals surface area (Å²) in [5.41, 5.74) is 0.402. The molecule has 1 aromatic heterocycles. The van der Waals surface area contributed by atoms with Crippen molar-refractivity contribution < 1.29 is 33.1 Å². The minimum Gasteiger partial charge on any atom is -0.508 e. The number of hydrogen-bond donors (Lipinski definition) is 2. The number of carbonyl (C=O) groups excluding carboxylic acids is 2. The fraction of sp³-hybridized carbons (Fsp3) is 0.605. The molecule has 6 rings (SSSR count). The van der Waals surface area contributed by atoms with Crippen molar-refractivity contribution in [2.45, 2.75) is 122 Å². The highest BCUT2D eigenvalue weighted by molar-refractivity contribution is 6.74. The third-order valence-corrected chi connectivity index (χ3v) is 17.4. The summed E-state index contributed by atoms with van der Waals surface area (Å²) in [6.45, 7) is 25.2. The molecule has 55 heavy (non-hydrogen) atoms. The van der Waals surface area contributed by atoms with Gasteiger partial charge in [0.05, 0.1) is 24.8 Å². The van der Waals surface area contributed by atoms with Crippen molar-refractivity contribution >= 4 is 31.5 Å². The van der Waals surface area contributed by atoms with Crippen LogP contribution in [0.5, 0.6) is 11.6 Å². The van der Waals surface area contributed by atoms with Crippen molar-refractivity contribution in [2.75, 3.05) is 32.8 Å². The van der Waals surface area contributed by atoms with E-state index in [0.717, 1.165) is 56.2 Å². The van der Waals surface area contributed by atoms with Crippen LogP contribution in [-0.2, 0) is 10.8 Å². The lowest BCUT2D eigenvalue weighted by atomic mass is 9.58. The minimum absolute atomic E-state index is 0.0501. The number of halogens is 1. The van der Waals surface area contributed by atoms with E-state index < -0.39 is 37.6 Å². The normalized spacial score (nSPS) is 25.0. The molecule has 12 heteroatoms. The lowest BCUT2D eigenvalue weighted by molar-refractivity contribution is -0.0524. The van der Waals surface area contributed by atoms with Crippen LogP contribution in [0, 0.1) is 11.8 Å². The second-order valence-corrected chi connectivity index (χ2v) is 22.3. The van der Waals surface area contributed by atoms with Crippen LogP contribution in [0.2, 0.25) is 23.2 Å². The van der Waals surface area contributed by atoms with Gasteiger partial charge in [0.2, 0.25) is 5.78 Å². The van der Waals surface area contributed by atoms with Gasteiger partial charge in [-0.05, 0) is 91.5 Å². The van der Waals surface area contributed by atoms with Crippen LogP contribution in [0.25, 0.3) is 0 Å². The van der Waals surface area contributed by atoms with Gasteiger partial charge >= 0.3 is 0 Å². The highest BCUT2D eigenvalue weighted by atomic mass is 35.5. The van der Waals surface area contributed by atoms with Crippen LogP contribution >= 0.6 is 11.6 Å². The number of aliphatic hydroxyl groups excluding tert-OH is 1. The number of allylic oxidation sites excluding steroid dienone is 1. The fourth-order valence-corrected chi connectivity index (χ4v) is 10.5. The number of unbranched alkanes of at least 4 members (excludes halogenated alkanes) is 2. The first-order chi connectivity index (χ1) is 26.2. The first-order valence-electron chi connectivity index (χ1n) is 20.2. The maximum absolute atomic E-state index is 15.6. The van der Waals surface area contributed by atoms with E-state index >= 15 is 9.59 Å². The molecule has 1 saturated heterocycles. The summed E-state index contributed by atoms with van der Waals surface area (Å²) in [5.74, 6) is -1.48. The Bertz CT molecular complexity index is 1830. The van der Waals surface area contributed by atoms with Gasteiger partial charge in [0, 0.05) is 35.6 Å². The number of nitrogens with one attached hydrogen (secondary N) is 1. The molecule has 10 nitrogen and oxygen atoms in total. The molecular formula is C43H60ClN3O7Si. The van der Waals surface area contributed by atoms with E-state index in [4.69, 9.17) is 30.0 Å². The average Bonchev–Trinajstić information content (AvgIpc) is 3.81. The highest BCUT2D eigenvalue weighted by Crippen LogP contribution is 2.60. The zero-order valence-electron chi connectivity index (χ0n) is 33.8. The van der Waals surface area contributed by atoms with Gasteiger partial charge in [-0.15, -0.1) is 13.2 Å². The Morgan fingerprint density at radius 2 is 1.78 bits per heavy atom. The molecule has 3 aliphatic carbocycles. The molecule has 0 saturated carbocycles. The summed E-state index contributed by atoms with van der Waals surface area (Å²) >= 11 is 7.31. The number of benzene rings is 1. The molecule has 2 aromatic rings. The Morgan fingerprint density at radius 1 is 1.11 bits per heavy atom. The Labute approximate surface area is 332 Å². The van der Waals surface area contributed by atoms with E-state index in [1.54, 1.807) is 12.2 Å². The minimum atomic E-state index is -2.89. The summed E-state index contributed by atoms with van der Waals surface area (Å²) < 4.78 is 26.0. The van der Waals surface area contributed by atoms with Crippen molar-refractivity contribution in [3.05, 3.63) is 75.7 Å². The Kier molecular flexibility index (Phi) is 12.3. The summed E-state index contributed by atoms with van der Waals surface area (Å²) in [5, 5.41) is 21.2. The smallest absolute Gasteiger partial charge is 0.265 e. The maximum atomic E-state index is 15.6. The zero-order chi connectivity index (χ0) is 39.9. The van der Waals surface area contributed by atoms with E-state index in [1.165, 1.54) is 0 Å². The van der Waals surface area contributed by atoms with Crippen LogP contribution in [0.4, 0.5) is 0 Å². The van der Waals surface area contributed by atoms with Crippen molar-refractivity contribution in [3.63, 3.8) is 0 Å². The van der Waals surface area contributed by atoms with Crippen molar-refractivity contribution in [2.24, 2.45) is 11.8 Å². The van der Waals surface area contributed by atoms with Gasteiger partial charge in [-0.3, -0.25) is 14.5 Å². The quantitative estimate of drug-likeness (QED) is 0.0965. The van der Waals surface area contributed by atoms with Gasteiger partial charge in [-0.25, -0.2) is 0 Å². The lowest BCUT2D eigenvalue weighted by Crippen LogP contribution is -2.65. The topological polar surface area (TPSA) is 123 Å². The van der Waals surface area contributed by atoms with Gasteiger partial charge < -0.3 is 28.8 Å². The third-order valence-electron chi connectivity index (χ3n) is 12.5. The lowest BCUT2D eigenvalue weighted by Gasteiger charge is -2.55. The first kappa shape index (κ1) is 41.4. The third kappa shape index (κ3) is 7.17. The summed E-state index contributed by atoms with van der Waals surface area (Å²) in [7, 11) is -2.89. The molecule has 0 bridgehead atoms. The number of aromatic nitrogens is 1. The molecule has 1 fully saturated rings. The van der Waals surface area contributed by atoms with Crippen LogP contribution in [0.1, 0.15) is 129 Å². The van der Waals surface area contributed by atoms with E-state index in [-0.39, 0.29) is 39.6 Å². The molecule has 2 heterocycles. The largest absolute Gasteiger partial charge is 0.508 e. The molecule has 1 unspecified atom stereocenters. The second-order valence-electron chi connectivity index (χ2n) is 17.1. The number of rotatable bonds is 16. The molecule has 2 N–H and O–H groups in total. The number of nitrogens with zero attached hydrogens (tertiary/aromatic N) is 2. The summed E-state index contributed by atoms with van der Waals surface area (Å²) in [6, 6.07) is 1.35. The Morgan fingerprint density at radius 3 is 2.38 bits per heavy atom. The molecule has 0 spiro atoms. The predicted octanol–water partition coefficient (Wildman–Crippen LogP) is 9.67. The number of ketones is 2. The number of ether oxygens (including phenoxy) is 2. The molecular weight excluding hydrogens is 734 g/mol. The molecule has 300 valence electrons. The molecule has 5 atom stereocenters. The monoisotopic (exact) mass is 793 g/mol. The average molecular weight is 795 g/mol. The van der Waals surface area contributed by atoms with Crippen molar-refractivity contribution in [1.29, 1.82) is 0 Å². The standard InChI is InChI=1S/C43H60ClN3O7Si/c1-10-14-21-51-31-25-27(30-17-16-18-45-30)35(44)28-23-26-24-29-36(47(19-12-3)20-13-4)38-34(41(46-53-38)52-22-15-11-2)40(50)43(29,54-55(8,9)42(5,6)7)39(49)32(26)37(48)33(28)31/h12-13,25-26,29-30,36,45,49H,3-4,10-11,14-24H2,1-2,5-9H3/t26-,29-,30?,36-,43-/m0/s1. The highest BCUT2D eigenvalue weighted by Gasteiger charge is 2.67. The van der Waals surface area contributed by atoms with Crippen LogP contribution in [0.15, 0.2) is 47.2 Å². The van der Waals surface area contributed by atoms with E-state index in [0.29, 0.717) is 61.2 Å². The van der Waals surface area contributed by atoms with Gasteiger partial charge in [0.15, 0.2) is 25.5 Å². The number of fused-ring (bicyclic) bond motifs is 4. The molecule has 1 aromatic carbocycles. The van der Waals surface area contributed by atoms with Gasteiger partial charge in [0.1, 0.15) is 17.1 Å². The molecule has 0 radical (unpaired) electrons.